The molecule has 96 valence electrons. The molecule has 1 rings (SSSR count). The Morgan fingerprint density at radius 1 is 1.12 bits per heavy atom. The van der Waals surface area contributed by atoms with Gasteiger partial charge in [0.25, 0.3) is 5.56 Å². The van der Waals surface area contributed by atoms with Crippen LogP contribution in [0.4, 0.5) is 0 Å². The van der Waals surface area contributed by atoms with E-state index in [2.05, 4.69) is 20.8 Å². The van der Waals surface area contributed by atoms with Crippen LogP contribution in [0.2, 0.25) is 0 Å². The molecule has 3 heteroatoms. The van der Waals surface area contributed by atoms with Gasteiger partial charge in [0.1, 0.15) is 0 Å². The van der Waals surface area contributed by atoms with Crippen LogP contribution in [-0.4, -0.2) is 4.57 Å². The fraction of sp³-hybridized carbons (Fsp3) is 0.643. The zero-order valence-corrected chi connectivity index (χ0v) is 11.8. The van der Waals surface area contributed by atoms with Crippen molar-refractivity contribution in [3.8, 4) is 0 Å². The fourth-order valence-electron chi connectivity index (χ4n) is 1.99. The van der Waals surface area contributed by atoms with Crippen LogP contribution in [0.15, 0.2) is 16.9 Å². The third kappa shape index (κ3) is 2.78. The van der Waals surface area contributed by atoms with Gasteiger partial charge in [-0.3, -0.25) is 4.79 Å². The minimum absolute atomic E-state index is 0.0347. The Labute approximate surface area is 104 Å². The molecule has 1 aromatic rings. The molecule has 2 N–H and O–H groups in total. The molecule has 0 amide bonds. The summed E-state index contributed by atoms with van der Waals surface area (Å²) in [7, 11) is 0. The highest BCUT2D eigenvalue weighted by Crippen LogP contribution is 2.25. The molecular weight excluding hydrogens is 212 g/mol. The first-order valence-corrected chi connectivity index (χ1v) is 6.05. The summed E-state index contributed by atoms with van der Waals surface area (Å²) >= 11 is 0. The van der Waals surface area contributed by atoms with Crippen molar-refractivity contribution in [1.29, 1.82) is 0 Å². The average molecular weight is 236 g/mol. The van der Waals surface area contributed by atoms with Crippen LogP contribution in [0.5, 0.6) is 0 Å². The normalized spacial score (nSPS) is 12.9. The van der Waals surface area contributed by atoms with E-state index in [0.717, 1.165) is 5.69 Å². The van der Waals surface area contributed by atoms with Crippen LogP contribution in [-0.2, 0) is 17.5 Å². The maximum absolute atomic E-state index is 12.4. The molecule has 1 heterocycles. The Hall–Kier alpha value is -1.09. The van der Waals surface area contributed by atoms with Gasteiger partial charge in [0.2, 0.25) is 0 Å². The van der Waals surface area contributed by atoms with E-state index in [9.17, 15) is 4.79 Å². The number of pyridine rings is 1. The van der Waals surface area contributed by atoms with E-state index in [0.29, 0.717) is 12.1 Å². The van der Waals surface area contributed by atoms with Crippen LogP contribution < -0.4 is 11.3 Å². The molecule has 0 saturated carbocycles. The minimum Gasteiger partial charge on any atom is -0.326 e. The third-order valence-corrected chi connectivity index (χ3v) is 2.82. The molecular formula is C14H24N2O. The molecule has 0 bridgehead atoms. The molecule has 0 saturated heterocycles. The van der Waals surface area contributed by atoms with E-state index < -0.39 is 0 Å². The van der Waals surface area contributed by atoms with Gasteiger partial charge in [0.15, 0.2) is 0 Å². The highest BCUT2D eigenvalue weighted by Gasteiger charge is 2.26. The maximum atomic E-state index is 12.4. The Morgan fingerprint density at radius 2 is 1.65 bits per heavy atom. The van der Waals surface area contributed by atoms with Gasteiger partial charge in [-0.15, -0.1) is 0 Å². The van der Waals surface area contributed by atoms with Gasteiger partial charge in [-0.05, 0) is 26.8 Å². The van der Waals surface area contributed by atoms with Crippen LogP contribution in [0.25, 0.3) is 0 Å². The summed E-state index contributed by atoms with van der Waals surface area (Å²) in [4.78, 5) is 12.4. The first-order valence-electron chi connectivity index (χ1n) is 6.05. The van der Waals surface area contributed by atoms with Crippen LogP contribution in [0, 0.1) is 0 Å². The SMILES string of the molecule is CC(C)(C)c1ccc(CN)c(=O)n1C(C)(C)C. The summed E-state index contributed by atoms with van der Waals surface area (Å²) in [6, 6.07) is 3.88. The Balaban J connectivity index is 3.66. The number of hydrogen-bond donors (Lipinski definition) is 1. The zero-order chi connectivity index (χ0) is 13.4. The average Bonchev–Trinajstić information content (AvgIpc) is 2.13. The molecule has 1 aromatic heterocycles. The lowest BCUT2D eigenvalue weighted by Crippen LogP contribution is -2.41. The summed E-state index contributed by atoms with van der Waals surface area (Å²) in [6.45, 7) is 12.8. The summed E-state index contributed by atoms with van der Waals surface area (Å²) in [5.41, 5.74) is 7.08. The summed E-state index contributed by atoms with van der Waals surface area (Å²) in [6.07, 6.45) is 0. The first kappa shape index (κ1) is 14.0. The molecule has 0 spiro atoms. The summed E-state index contributed by atoms with van der Waals surface area (Å²) in [5.74, 6) is 0. The third-order valence-electron chi connectivity index (χ3n) is 2.82. The molecule has 0 aliphatic carbocycles. The Bertz CT molecular complexity index is 459. The molecule has 0 atom stereocenters. The highest BCUT2D eigenvalue weighted by molar-refractivity contribution is 5.22. The summed E-state index contributed by atoms with van der Waals surface area (Å²) in [5, 5.41) is 0. The highest BCUT2D eigenvalue weighted by atomic mass is 16.1. The summed E-state index contributed by atoms with van der Waals surface area (Å²) < 4.78 is 1.87. The Kier molecular flexibility index (Phi) is 3.53. The molecule has 0 aliphatic heterocycles. The number of hydrogen-bond acceptors (Lipinski definition) is 2. The van der Waals surface area contributed by atoms with Crippen molar-refractivity contribution in [2.75, 3.05) is 0 Å². The number of nitrogens with two attached hydrogens (primary N) is 1. The van der Waals surface area contributed by atoms with Crippen molar-refractivity contribution >= 4 is 0 Å². The van der Waals surface area contributed by atoms with Gasteiger partial charge in [-0.25, -0.2) is 0 Å². The van der Waals surface area contributed by atoms with Crippen LogP contribution >= 0.6 is 0 Å². The lowest BCUT2D eigenvalue weighted by atomic mass is 9.89. The fourth-order valence-corrected chi connectivity index (χ4v) is 1.99. The number of rotatable bonds is 1. The van der Waals surface area contributed by atoms with E-state index in [4.69, 9.17) is 5.73 Å². The topological polar surface area (TPSA) is 48.0 Å². The van der Waals surface area contributed by atoms with E-state index in [-0.39, 0.29) is 16.5 Å². The lowest BCUT2D eigenvalue weighted by Gasteiger charge is -2.32. The van der Waals surface area contributed by atoms with Crippen molar-refractivity contribution in [2.45, 2.75) is 59.0 Å². The molecule has 17 heavy (non-hydrogen) atoms. The Morgan fingerprint density at radius 3 is 2.00 bits per heavy atom. The van der Waals surface area contributed by atoms with E-state index in [1.807, 2.05) is 37.5 Å². The monoisotopic (exact) mass is 236 g/mol. The largest absolute Gasteiger partial charge is 0.326 e. The van der Waals surface area contributed by atoms with Gasteiger partial charge < -0.3 is 10.3 Å². The molecule has 3 nitrogen and oxygen atoms in total. The molecule has 0 fully saturated rings. The zero-order valence-electron chi connectivity index (χ0n) is 11.8. The number of aromatic nitrogens is 1. The smallest absolute Gasteiger partial charge is 0.255 e. The minimum atomic E-state index is -0.231. The van der Waals surface area contributed by atoms with Gasteiger partial charge in [0.05, 0.1) is 0 Å². The molecule has 0 aromatic carbocycles. The van der Waals surface area contributed by atoms with Crippen molar-refractivity contribution < 1.29 is 0 Å². The standard InChI is InChI=1S/C14H24N2O/c1-13(2,3)11-8-7-10(9-15)12(17)16(11)14(4,5)6/h7-8H,9,15H2,1-6H3. The second-order valence-corrected chi connectivity index (χ2v) is 6.51. The molecule has 0 radical (unpaired) electrons. The predicted molar refractivity (Wildman–Crippen MR) is 72.3 cm³/mol. The number of nitrogens with zero attached hydrogens (tertiary/aromatic N) is 1. The van der Waals surface area contributed by atoms with Crippen LogP contribution in [0.1, 0.15) is 52.8 Å². The van der Waals surface area contributed by atoms with Crippen LogP contribution in [0.3, 0.4) is 0 Å². The van der Waals surface area contributed by atoms with Crippen molar-refractivity contribution in [2.24, 2.45) is 5.73 Å². The molecule has 0 aliphatic rings. The van der Waals surface area contributed by atoms with Crippen molar-refractivity contribution in [3.63, 3.8) is 0 Å². The molecule has 0 unspecified atom stereocenters. The second kappa shape index (κ2) is 4.30. The van der Waals surface area contributed by atoms with E-state index >= 15 is 0 Å². The van der Waals surface area contributed by atoms with Crippen molar-refractivity contribution in [1.82, 2.24) is 4.57 Å². The van der Waals surface area contributed by atoms with Gasteiger partial charge >= 0.3 is 0 Å². The van der Waals surface area contributed by atoms with Gasteiger partial charge in [-0.1, -0.05) is 26.8 Å². The van der Waals surface area contributed by atoms with Crippen molar-refractivity contribution in [3.05, 3.63) is 33.7 Å². The quantitative estimate of drug-likeness (QED) is 0.813. The van der Waals surface area contributed by atoms with E-state index in [1.54, 1.807) is 0 Å². The lowest BCUT2D eigenvalue weighted by molar-refractivity contribution is 0.344. The predicted octanol–water partition coefficient (Wildman–Crippen LogP) is 2.36. The first-order chi connectivity index (χ1) is 7.59. The van der Waals surface area contributed by atoms with Gasteiger partial charge in [-0.2, -0.15) is 0 Å². The maximum Gasteiger partial charge on any atom is 0.255 e. The van der Waals surface area contributed by atoms with E-state index in [1.165, 1.54) is 0 Å². The second-order valence-electron chi connectivity index (χ2n) is 6.51. The van der Waals surface area contributed by atoms with Gasteiger partial charge in [0, 0.05) is 28.8 Å².